The Labute approximate surface area is 214 Å². The van der Waals surface area contributed by atoms with Crippen LogP contribution >= 0.6 is 11.6 Å². The lowest BCUT2D eigenvalue weighted by Crippen LogP contribution is -2.43. The van der Waals surface area contributed by atoms with Gasteiger partial charge in [-0.1, -0.05) is 49.1 Å². The third-order valence-corrected chi connectivity index (χ3v) is 6.67. The fourth-order valence-corrected chi connectivity index (χ4v) is 4.69. The molecule has 188 valence electrons. The summed E-state index contributed by atoms with van der Waals surface area (Å²) in [5, 5.41) is 5.70. The van der Waals surface area contributed by atoms with Gasteiger partial charge in [-0.15, -0.1) is 0 Å². The lowest BCUT2D eigenvalue weighted by Gasteiger charge is -2.29. The van der Waals surface area contributed by atoms with Crippen molar-refractivity contribution in [2.24, 2.45) is 0 Å². The first-order chi connectivity index (χ1) is 17.4. The molecule has 1 saturated carbocycles. The molecule has 0 aromatic heterocycles. The molecule has 2 N–H and O–H groups in total. The molecule has 1 aliphatic carbocycles. The summed E-state index contributed by atoms with van der Waals surface area (Å²) in [5.74, 6) is -1.60. The second-order valence-corrected chi connectivity index (χ2v) is 9.14. The molecule has 36 heavy (non-hydrogen) atoms. The van der Waals surface area contributed by atoms with Gasteiger partial charge >= 0.3 is 5.97 Å². The molecule has 2 aromatic rings. The fraction of sp³-hybridized carbons (Fsp3) is 0.333. The van der Waals surface area contributed by atoms with Gasteiger partial charge < -0.3 is 15.4 Å². The Hall–Kier alpha value is -3.65. The van der Waals surface area contributed by atoms with E-state index >= 15 is 0 Å². The molecule has 2 aliphatic rings. The van der Waals surface area contributed by atoms with E-state index in [1.165, 1.54) is 4.90 Å². The van der Waals surface area contributed by atoms with Crippen LogP contribution < -0.4 is 10.6 Å². The van der Waals surface area contributed by atoms with Crippen LogP contribution in [0.1, 0.15) is 65.3 Å². The first-order valence-electron chi connectivity index (χ1n) is 12.1. The molecule has 1 fully saturated rings. The number of nitrogens with one attached hydrogen (secondary N) is 2. The van der Waals surface area contributed by atoms with E-state index in [-0.39, 0.29) is 41.7 Å². The molecule has 9 heteroatoms. The van der Waals surface area contributed by atoms with Gasteiger partial charge in [0, 0.05) is 23.8 Å². The average Bonchev–Trinajstić information content (AvgIpc) is 3.11. The minimum Gasteiger partial charge on any atom is -0.462 e. The van der Waals surface area contributed by atoms with Crippen LogP contribution in [0.4, 0.5) is 5.69 Å². The van der Waals surface area contributed by atoms with E-state index < -0.39 is 11.9 Å². The van der Waals surface area contributed by atoms with E-state index in [0.717, 1.165) is 37.7 Å². The number of halogens is 1. The topological polar surface area (TPSA) is 105 Å². The lowest BCUT2D eigenvalue weighted by atomic mass is 9.94. The molecule has 8 nitrogen and oxygen atoms in total. The summed E-state index contributed by atoms with van der Waals surface area (Å²) in [6.07, 6.45) is 4.74. The zero-order chi connectivity index (χ0) is 25.7. The third kappa shape index (κ3) is 5.60. The molecule has 3 amide bonds. The number of esters is 1. The summed E-state index contributed by atoms with van der Waals surface area (Å²) in [6, 6.07) is 13.3. The van der Waals surface area contributed by atoms with Gasteiger partial charge in [-0.2, -0.15) is 0 Å². The van der Waals surface area contributed by atoms with Crippen LogP contribution in [0.5, 0.6) is 0 Å². The Balaban J connectivity index is 1.35. The summed E-state index contributed by atoms with van der Waals surface area (Å²) >= 11 is 6.22. The molecule has 2 aromatic carbocycles. The van der Waals surface area contributed by atoms with Gasteiger partial charge in [0.25, 0.3) is 17.7 Å². The maximum absolute atomic E-state index is 12.9. The number of nitrogens with zero attached hydrogens (tertiary/aromatic N) is 1. The number of anilines is 1. The molecular formula is C27H28ClN3O5. The van der Waals surface area contributed by atoms with Crippen LogP contribution in [0, 0.1) is 0 Å². The summed E-state index contributed by atoms with van der Waals surface area (Å²) in [5.41, 5.74) is 2.18. The summed E-state index contributed by atoms with van der Waals surface area (Å²) < 4.78 is 4.99. The van der Waals surface area contributed by atoms with Crippen molar-refractivity contribution in [2.45, 2.75) is 51.6 Å². The van der Waals surface area contributed by atoms with E-state index in [2.05, 4.69) is 10.6 Å². The van der Waals surface area contributed by atoms with Crippen molar-refractivity contribution in [3.8, 4) is 0 Å². The van der Waals surface area contributed by atoms with Crippen molar-refractivity contribution >= 4 is 41.0 Å². The fourth-order valence-electron chi connectivity index (χ4n) is 4.45. The van der Waals surface area contributed by atoms with Crippen LogP contribution in [0.3, 0.4) is 0 Å². The van der Waals surface area contributed by atoms with Crippen LogP contribution in [-0.2, 0) is 20.9 Å². The normalized spacial score (nSPS) is 16.3. The molecular weight excluding hydrogens is 482 g/mol. The zero-order valence-electron chi connectivity index (χ0n) is 20.0. The molecule has 1 aliphatic heterocycles. The number of ether oxygens (including phenoxy) is 1. The van der Waals surface area contributed by atoms with Gasteiger partial charge in [0.1, 0.15) is 10.7 Å². The minimum absolute atomic E-state index is 0.0772. The number of rotatable bonds is 8. The number of amides is 3. The highest BCUT2D eigenvalue weighted by molar-refractivity contribution is 6.47. The van der Waals surface area contributed by atoms with Crippen molar-refractivity contribution in [3.63, 3.8) is 0 Å². The molecule has 0 saturated heterocycles. The van der Waals surface area contributed by atoms with Gasteiger partial charge in [-0.05, 0) is 55.7 Å². The number of benzene rings is 2. The number of carbonyl (C=O) groups excluding carboxylic acids is 4. The van der Waals surface area contributed by atoms with Gasteiger partial charge in [-0.25, -0.2) is 4.79 Å². The van der Waals surface area contributed by atoms with Crippen molar-refractivity contribution in [2.75, 3.05) is 11.9 Å². The van der Waals surface area contributed by atoms with Crippen LogP contribution in [0.2, 0.25) is 0 Å². The maximum atomic E-state index is 12.9. The number of carbonyl (C=O) groups is 4. The zero-order valence-corrected chi connectivity index (χ0v) is 20.8. The summed E-state index contributed by atoms with van der Waals surface area (Å²) in [7, 11) is 0. The van der Waals surface area contributed by atoms with Gasteiger partial charge in [0.15, 0.2) is 0 Å². The highest BCUT2D eigenvalue weighted by atomic mass is 35.5. The Bertz CT molecular complexity index is 1200. The van der Waals surface area contributed by atoms with Gasteiger partial charge in [0.05, 0.1) is 12.2 Å². The molecule has 0 radical (unpaired) electrons. The Morgan fingerprint density at radius 3 is 2.42 bits per heavy atom. The van der Waals surface area contributed by atoms with Gasteiger partial charge in [0.2, 0.25) is 0 Å². The van der Waals surface area contributed by atoms with Crippen LogP contribution in [-0.4, -0.2) is 41.2 Å². The highest BCUT2D eigenvalue weighted by Crippen LogP contribution is 2.30. The SMILES string of the molecule is CCOC(=O)c1cccc(NC(=O)c2ccc(CNC3=C(Cl)C(=O)N(C4CCCCC4)C3=O)cc2)c1. The Morgan fingerprint density at radius 1 is 1.00 bits per heavy atom. The van der Waals surface area contributed by atoms with E-state index in [9.17, 15) is 19.2 Å². The first kappa shape index (κ1) is 25.4. The molecule has 0 spiro atoms. The quantitative estimate of drug-likeness (QED) is 0.405. The van der Waals surface area contributed by atoms with Crippen molar-refractivity contribution in [1.29, 1.82) is 0 Å². The van der Waals surface area contributed by atoms with Gasteiger partial charge in [-0.3, -0.25) is 19.3 Å². The predicted octanol–water partition coefficient (Wildman–Crippen LogP) is 4.36. The molecule has 0 unspecified atom stereocenters. The molecule has 0 bridgehead atoms. The standard InChI is InChI=1S/C27H28ClN3O5/c1-2-36-27(35)19-7-6-8-20(15-19)30-24(32)18-13-11-17(12-14-18)16-29-23-22(28)25(33)31(26(23)34)21-9-4-3-5-10-21/h6-8,11-15,21,29H,2-5,9-10,16H2,1H3,(H,30,32). The maximum Gasteiger partial charge on any atom is 0.338 e. The van der Waals surface area contributed by atoms with Crippen molar-refractivity contribution < 1.29 is 23.9 Å². The third-order valence-electron chi connectivity index (χ3n) is 6.32. The predicted molar refractivity (Wildman–Crippen MR) is 135 cm³/mol. The second-order valence-electron chi connectivity index (χ2n) is 8.77. The monoisotopic (exact) mass is 509 g/mol. The number of hydrogen-bond donors (Lipinski definition) is 2. The number of hydrogen-bond acceptors (Lipinski definition) is 6. The Morgan fingerprint density at radius 2 is 1.72 bits per heavy atom. The lowest BCUT2D eigenvalue weighted by molar-refractivity contribution is -0.140. The average molecular weight is 510 g/mol. The first-order valence-corrected chi connectivity index (χ1v) is 12.5. The summed E-state index contributed by atoms with van der Waals surface area (Å²) in [6.45, 7) is 2.27. The highest BCUT2D eigenvalue weighted by Gasteiger charge is 2.41. The molecule has 0 atom stereocenters. The Kier molecular flexibility index (Phi) is 8.05. The minimum atomic E-state index is -0.454. The van der Waals surface area contributed by atoms with E-state index in [0.29, 0.717) is 16.8 Å². The molecule has 1 heterocycles. The smallest absolute Gasteiger partial charge is 0.338 e. The van der Waals surface area contributed by atoms with E-state index in [1.807, 2.05) is 0 Å². The second kappa shape index (κ2) is 11.4. The number of imide groups is 1. The van der Waals surface area contributed by atoms with Crippen LogP contribution in [0.15, 0.2) is 59.3 Å². The van der Waals surface area contributed by atoms with Crippen LogP contribution in [0.25, 0.3) is 0 Å². The van der Waals surface area contributed by atoms with Crippen molar-refractivity contribution in [1.82, 2.24) is 10.2 Å². The molecule has 4 rings (SSSR count). The van der Waals surface area contributed by atoms with E-state index in [4.69, 9.17) is 16.3 Å². The largest absolute Gasteiger partial charge is 0.462 e. The summed E-state index contributed by atoms with van der Waals surface area (Å²) in [4.78, 5) is 51.3. The van der Waals surface area contributed by atoms with Crippen molar-refractivity contribution in [3.05, 3.63) is 76.0 Å². The van der Waals surface area contributed by atoms with E-state index in [1.54, 1.807) is 55.5 Å².